The molecule has 0 bridgehead atoms. The Kier molecular flexibility index (Phi) is 4.91. The van der Waals surface area contributed by atoms with E-state index in [1.165, 1.54) is 0 Å². The second-order valence-electron chi connectivity index (χ2n) is 5.06. The fraction of sp³-hybridized carbons (Fsp3) is 0.176. The van der Waals surface area contributed by atoms with Crippen molar-refractivity contribution in [1.82, 2.24) is 0 Å². The number of primary amides is 1. The van der Waals surface area contributed by atoms with E-state index in [1.54, 1.807) is 24.3 Å². The van der Waals surface area contributed by atoms with Crippen LogP contribution in [0.1, 0.15) is 11.1 Å². The molecule has 1 atom stereocenters. The third-order valence-corrected chi connectivity index (χ3v) is 3.34. The van der Waals surface area contributed by atoms with Crippen LogP contribution in [0.25, 0.3) is 0 Å². The minimum atomic E-state index is -1.88. The average Bonchev–Trinajstić information content (AvgIpc) is 2.54. The lowest BCUT2D eigenvalue weighted by molar-refractivity contribution is -0.155. The van der Waals surface area contributed by atoms with Crippen LogP contribution in [0.2, 0.25) is 0 Å². The van der Waals surface area contributed by atoms with Gasteiger partial charge in [0.05, 0.1) is 0 Å². The largest absolute Gasteiger partial charge is 0.459 e. The fourth-order valence-electron chi connectivity index (χ4n) is 2.03. The Morgan fingerprint density at radius 3 is 1.91 bits per heavy atom. The number of hydrogen-bond donors (Lipinski definition) is 2. The van der Waals surface area contributed by atoms with Crippen LogP contribution in [0.15, 0.2) is 60.7 Å². The van der Waals surface area contributed by atoms with Gasteiger partial charge >= 0.3 is 5.97 Å². The van der Waals surface area contributed by atoms with Crippen molar-refractivity contribution in [3.8, 4) is 0 Å². The molecule has 2 aromatic rings. The van der Waals surface area contributed by atoms with Crippen LogP contribution in [0, 0.1) is 0 Å². The summed E-state index contributed by atoms with van der Waals surface area (Å²) in [6.45, 7) is 0.0424. The van der Waals surface area contributed by atoms with Gasteiger partial charge in [-0.15, -0.1) is 0 Å². The third-order valence-electron chi connectivity index (χ3n) is 3.34. The molecule has 0 saturated carbocycles. The summed E-state index contributed by atoms with van der Waals surface area (Å²) in [5, 5.41) is 0. The molecule has 0 fully saturated rings. The molecule has 22 heavy (non-hydrogen) atoms. The fourth-order valence-corrected chi connectivity index (χ4v) is 2.03. The Morgan fingerprint density at radius 1 is 0.909 bits per heavy atom. The summed E-state index contributed by atoms with van der Waals surface area (Å²) in [5.74, 6) is -1.73. The molecule has 5 heteroatoms. The van der Waals surface area contributed by atoms with E-state index < -0.39 is 17.4 Å². The molecule has 114 valence electrons. The van der Waals surface area contributed by atoms with Crippen molar-refractivity contribution < 1.29 is 14.3 Å². The first kappa shape index (κ1) is 15.7. The molecule has 4 N–H and O–H groups in total. The quantitative estimate of drug-likeness (QED) is 0.618. The maximum Gasteiger partial charge on any atom is 0.336 e. The molecular formula is C17H18N2O3. The van der Waals surface area contributed by atoms with E-state index in [1.807, 2.05) is 36.4 Å². The van der Waals surface area contributed by atoms with E-state index in [0.29, 0.717) is 0 Å². The molecule has 0 heterocycles. The van der Waals surface area contributed by atoms with E-state index in [-0.39, 0.29) is 13.0 Å². The lowest BCUT2D eigenvalue weighted by Gasteiger charge is -2.23. The smallest absolute Gasteiger partial charge is 0.336 e. The minimum absolute atomic E-state index is 0.00318. The van der Waals surface area contributed by atoms with Crippen LogP contribution in [-0.2, 0) is 27.4 Å². The summed E-state index contributed by atoms with van der Waals surface area (Å²) < 4.78 is 5.16. The van der Waals surface area contributed by atoms with Gasteiger partial charge in [0.1, 0.15) is 6.61 Å². The summed E-state index contributed by atoms with van der Waals surface area (Å²) in [7, 11) is 0. The lowest BCUT2D eigenvalue weighted by atomic mass is 9.91. The van der Waals surface area contributed by atoms with Crippen LogP contribution in [0.3, 0.4) is 0 Å². The number of nitrogens with two attached hydrogens (primary N) is 2. The van der Waals surface area contributed by atoms with Crippen molar-refractivity contribution in [2.75, 3.05) is 0 Å². The zero-order valence-corrected chi connectivity index (χ0v) is 12.1. The number of carbonyl (C=O) groups is 2. The molecule has 1 amide bonds. The first-order valence-corrected chi connectivity index (χ1v) is 6.86. The van der Waals surface area contributed by atoms with Gasteiger partial charge in [-0.05, 0) is 11.1 Å². The van der Waals surface area contributed by atoms with Crippen molar-refractivity contribution in [2.24, 2.45) is 11.5 Å². The predicted molar refractivity (Wildman–Crippen MR) is 82.5 cm³/mol. The van der Waals surface area contributed by atoms with Gasteiger partial charge in [0.15, 0.2) is 5.54 Å². The van der Waals surface area contributed by atoms with Crippen LogP contribution in [0.5, 0.6) is 0 Å². The summed E-state index contributed by atoms with van der Waals surface area (Å²) in [5.41, 5.74) is 10.9. The Morgan fingerprint density at radius 2 is 1.41 bits per heavy atom. The molecular weight excluding hydrogens is 280 g/mol. The van der Waals surface area contributed by atoms with Gasteiger partial charge in [-0.1, -0.05) is 60.7 Å². The Hall–Kier alpha value is -2.66. The summed E-state index contributed by atoms with van der Waals surface area (Å²) >= 11 is 0. The standard InChI is InChI=1S/C17H18N2O3/c18-15(20)17(19,11-13-7-3-1-4-8-13)16(21)22-12-14-9-5-2-6-10-14/h1-10H,11-12,19H2,(H2,18,20). The number of amides is 1. The topological polar surface area (TPSA) is 95.4 Å². The summed E-state index contributed by atoms with van der Waals surface area (Å²) in [4.78, 5) is 23.9. The maximum atomic E-state index is 12.2. The second-order valence-corrected chi connectivity index (χ2v) is 5.06. The monoisotopic (exact) mass is 298 g/mol. The predicted octanol–water partition coefficient (Wildman–Crippen LogP) is 1.16. The van der Waals surface area contributed by atoms with Crippen molar-refractivity contribution in [1.29, 1.82) is 0 Å². The molecule has 2 rings (SSSR count). The van der Waals surface area contributed by atoms with Crippen LogP contribution >= 0.6 is 0 Å². The molecule has 5 nitrogen and oxygen atoms in total. The van der Waals surface area contributed by atoms with E-state index in [2.05, 4.69) is 0 Å². The van der Waals surface area contributed by atoms with Crippen LogP contribution < -0.4 is 11.5 Å². The highest BCUT2D eigenvalue weighted by Gasteiger charge is 2.42. The Balaban J connectivity index is 2.09. The number of hydrogen-bond acceptors (Lipinski definition) is 4. The number of benzene rings is 2. The maximum absolute atomic E-state index is 12.2. The van der Waals surface area contributed by atoms with E-state index in [4.69, 9.17) is 16.2 Å². The summed E-state index contributed by atoms with van der Waals surface area (Å²) in [6, 6.07) is 18.1. The van der Waals surface area contributed by atoms with Crippen molar-refractivity contribution in [3.05, 3.63) is 71.8 Å². The molecule has 0 aliphatic carbocycles. The molecule has 0 spiro atoms. The summed E-state index contributed by atoms with van der Waals surface area (Å²) in [6.07, 6.45) is -0.00318. The van der Waals surface area contributed by atoms with Crippen molar-refractivity contribution in [3.63, 3.8) is 0 Å². The highest BCUT2D eigenvalue weighted by Crippen LogP contribution is 2.14. The molecule has 0 aromatic heterocycles. The molecule has 1 unspecified atom stereocenters. The second kappa shape index (κ2) is 6.87. The first-order chi connectivity index (χ1) is 10.5. The van der Waals surface area contributed by atoms with Gasteiger partial charge in [-0.2, -0.15) is 0 Å². The SMILES string of the molecule is NC(=O)C(N)(Cc1ccccc1)C(=O)OCc1ccccc1. The molecule has 0 aliphatic heterocycles. The minimum Gasteiger partial charge on any atom is -0.459 e. The van der Waals surface area contributed by atoms with Crippen LogP contribution in [-0.4, -0.2) is 17.4 Å². The highest BCUT2D eigenvalue weighted by molar-refractivity contribution is 6.06. The number of carbonyl (C=O) groups excluding carboxylic acids is 2. The number of esters is 1. The van der Waals surface area contributed by atoms with Crippen molar-refractivity contribution >= 4 is 11.9 Å². The normalized spacial score (nSPS) is 13.1. The van der Waals surface area contributed by atoms with Gasteiger partial charge in [-0.3, -0.25) is 4.79 Å². The van der Waals surface area contributed by atoms with E-state index in [0.717, 1.165) is 11.1 Å². The Bertz CT molecular complexity index is 643. The zero-order chi connectivity index (χ0) is 16.0. The van der Waals surface area contributed by atoms with Crippen LogP contribution in [0.4, 0.5) is 0 Å². The third kappa shape index (κ3) is 3.71. The van der Waals surface area contributed by atoms with Crippen molar-refractivity contribution in [2.45, 2.75) is 18.6 Å². The molecule has 2 aromatic carbocycles. The van der Waals surface area contributed by atoms with Gasteiger partial charge in [-0.25, -0.2) is 4.79 Å². The zero-order valence-electron chi connectivity index (χ0n) is 12.1. The Labute approximate surface area is 128 Å². The number of ether oxygens (including phenoxy) is 1. The average molecular weight is 298 g/mol. The van der Waals surface area contributed by atoms with E-state index in [9.17, 15) is 9.59 Å². The lowest BCUT2D eigenvalue weighted by Crippen LogP contribution is -2.60. The van der Waals surface area contributed by atoms with Gasteiger partial charge in [0, 0.05) is 6.42 Å². The highest BCUT2D eigenvalue weighted by atomic mass is 16.5. The van der Waals surface area contributed by atoms with Gasteiger partial charge < -0.3 is 16.2 Å². The van der Waals surface area contributed by atoms with E-state index >= 15 is 0 Å². The number of rotatable bonds is 6. The molecule has 0 saturated heterocycles. The first-order valence-electron chi connectivity index (χ1n) is 6.86. The molecule has 0 radical (unpaired) electrons. The molecule has 0 aliphatic rings. The van der Waals surface area contributed by atoms with Gasteiger partial charge in [0.2, 0.25) is 5.91 Å². The van der Waals surface area contributed by atoms with Gasteiger partial charge in [0.25, 0.3) is 0 Å².